The van der Waals surface area contributed by atoms with Crippen LogP contribution < -0.4 is 9.47 Å². The van der Waals surface area contributed by atoms with E-state index in [-0.39, 0.29) is 11.9 Å². The molecule has 0 radical (unpaired) electrons. The number of hydrogen-bond acceptors (Lipinski definition) is 4. The minimum absolute atomic E-state index is 0.0519. The van der Waals surface area contributed by atoms with Crippen molar-refractivity contribution in [2.75, 3.05) is 20.8 Å². The van der Waals surface area contributed by atoms with E-state index >= 15 is 0 Å². The smallest absolute Gasteiger partial charge is 0.199 e. The average Bonchev–Trinajstić information content (AvgIpc) is 2.46. The third-order valence-electron chi connectivity index (χ3n) is 3.15. The van der Waals surface area contributed by atoms with Gasteiger partial charge < -0.3 is 14.2 Å². The van der Waals surface area contributed by atoms with Gasteiger partial charge in [-0.2, -0.15) is 0 Å². The SMILES string of the molecule is COc1cccc(OC)c1C(=O)C1CCCCO1. The highest BCUT2D eigenvalue weighted by Crippen LogP contribution is 2.31. The molecule has 2 rings (SSSR count). The molecule has 1 aromatic rings. The van der Waals surface area contributed by atoms with Gasteiger partial charge in [-0.05, 0) is 31.4 Å². The number of methoxy groups -OCH3 is 2. The molecular formula is C14H18O4. The fourth-order valence-electron chi connectivity index (χ4n) is 2.20. The summed E-state index contributed by atoms with van der Waals surface area (Å²) in [5, 5.41) is 0. The zero-order chi connectivity index (χ0) is 13.0. The molecule has 1 unspecified atom stereocenters. The Morgan fingerprint density at radius 3 is 2.39 bits per heavy atom. The number of ether oxygens (including phenoxy) is 3. The number of carbonyl (C=O) groups excluding carboxylic acids is 1. The lowest BCUT2D eigenvalue weighted by atomic mass is 9.98. The van der Waals surface area contributed by atoms with E-state index in [2.05, 4.69) is 0 Å². The molecule has 1 saturated heterocycles. The van der Waals surface area contributed by atoms with E-state index in [4.69, 9.17) is 14.2 Å². The molecule has 1 heterocycles. The standard InChI is InChI=1S/C14H18O4/c1-16-10-7-5-8-11(17-2)13(10)14(15)12-6-3-4-9-18-12/h5,7-8,12H,3-4,6,9H2,1-2H3. The summed E-state index contributed by atoms with van der Waals surface area (Å²) in [6.45, 7) is 0.647. The molecule has 4 nitrogen and oxygen atoms in total. The average molecular weight is 250 g/mol. The Labute approximate surface area is 107 Å². The summed E-state index contributed by atoms with van der Waals surface area (Å²) >= 11 is 0. The summed E-state index contributed by atoms with van der Waals surface area (Å²) in [4.78, 5) is 12.5. The molecule has 1 aromatic carbocycles. The van der Waals surface area contributed by atoms with Crippen LogP contribution >= 0.6 is 0 Å². The molecule has 1 aliphatic rings. The largest absolute Gasteiger partial charge is 0.496 e. The first kappa shape index (κ1) is 12.9. The van der Waals surface area contributed by atoms with Crippen LogP contribution in [-0.4, -0.2) is 32.7 Å². The van der Waals surface area contributed by atoms with Gasteiger partial charge in [-0.1, -0.05) is 6.07 Å². The molecule has 0 saturated carbocycles. The van der Waals surface area contributed by atoms with Crippen molar-refractivity contribution in [1.29, 1.82) is 0 Å². The first-order valence-electron chi connectivity index (χ1n) is 6.14. The van der Waals surface area contributed by atoms with Gasteiger partial charge in [-0.25, -0.2) is 0 Å². The van der Waals surface area contributed by atoms with Crippen molar-refractivity contribution in [3.8, 4) is 11.5 Å². The number of ketones is 1. The normalized spacial score (nSPS) is 19.3. The maximum atomic E-state index is 12.5. The minimum Gasteiger partial charge on any atom is -0.496 e. The number of hydrogen-bond donors (Lipinski definition) is 0. The quantitative estimate of drug-likeness (QED) is 0.770. The third kappa shape index (κ3) is 2.48. The predicted molar refractivity (Wildman–Crippen MR) is 67.5 cm³/mol. The Kier molecular flexibility index (Phi) is 4.20. The van der Waals surface area contributed by atoms with Gasteiger partial charge in [0.15, 0.2) is 5.78 Å². The van der Waals surface area contributed by atoms with Crippen molar-refractivity contribution in [2.45, 2.75) is 25.4 Å². The van der Waals surface area contributed by atoms with Crippen molar-refractivity contribution in [2.24, 2.45) is 0 Å². The Hall–Kier alpha value is -1.55. The van der Waals surface area contributed by atoms with Crippen LogP contribution in [0.4, 0.5) is 0 Å². The molecule has 98 valence electrons. The third-order valence-corrected chi connectivity index (χ3v) is 3.15. The van der Waals surface area contributed by atoms with E-state index in [0.717, 1.165) is 19.3 Å². The molecule has 1 aliphatic heterocycles. The molecular weight excluding hydrogens is 232 g/mol. The maximum absolute atomic E-state index is 12.5. The lowest BCUT2D eigenvalue weighted by molar-refractivity contribution is 0.0183. The monoisotopic (exact) mass is 250 g/mol. The Morgan fingerprint density at radius 2 is 1.89 bits per heavy atom. The summed E-state index contributed by atoms with van der Waals surface area (Å²) in [6, 6.07) is 5.33. The Morgan fingerprint density at radius 1 is 1.22 bits per heavy atom. The van der Waals surface area contributed by atoms with E-state index in [1.54, 1.807) is 32.4 Å². The lowest BCUT2D eigenvalue weighted by Gasteiger charge is -2.23. The van der Waals surface area contributed by atoms with Crippen LogP contribution in [0.15, 0.2) is 18.2 Å². The molecule has 0 spiro atoms. The number of carbonyl (C=O) groups is 1. The van der Waals surface area contributed by atoms with Crippen molar-refractivity contribution >= 4 is 5.78 Å². The van der Waals surface area contributed by atoms with Crippen LogP contribution in [0.2, 0.25) is 0 Å². The molecule has 0 aromatic heterocycles. The Balaban J connectivity index is 2.32. The molecule has 0 aliphatic carbocycles. The van der Waals surface area contributed by atoms with Gasteiger partial charge in [0.2, 0.25) is 0 Å². The van der Waals surface area contributed by atoms with Gasteiger partial charge in [-0.3, -0.25) is 4.79 Å². The van der Waals surface area contributed by atoms with E-state index in [1.165, 1.54) is 0 Å². The summed E-state index contributed by atoms with van der Waals surface area (Å²) < 4.78 is 16.0. The second kappa shape index (κ2) is 5.87. The first-order valence-corrected chi connectivity index (χ1v) is 6.14. The highest BCUT2D eigenvalue weighted by Gasteiger charge is 2.28. The fourth-order valence-corrected chi connectivity index (χ4v) is 2.20. The van der Waals surface area contributed by atoms with Crippen LogP contribution in [0.1, 0.15) is 29.6 Å². The van der Waals surface area contributed by atoms with Crippen LogP contribution in [0.25, 0.3) is 0 Å². The van der Waals surface area contributed by atoms with E-state index < -0.39 is 0 Å². The Bertz CT molecular complexity index is 400. The van der Waals surface area contributed by atoms with E-state index in [0.29, 0.717) is 23.7 Å². The predicted octanol–water partition coefficient (Wildman–Crippen LogP) is 2.46. The number of Topliss-reactive ketones (excluding diaryl/α,β-unsaturated/α-hetero) is 1. The van der Waals surface area contributed by atoms with Crippen LogP contribution in [0.3, 0.4) is 0 Å². The van der Waals surface area contributed by atoms with E-state index in [1.807, 2.05) is 0 Å². The molecule has 4 heteroatoms. The zero-order valence-electron chi connectivity index (χ0n) is 10.8. The van der Waals surface area contributed by atoms with Crippen LogP contribution in [-0.2, 0) is 4.74 Å². The van der Waals surface area contributed by atoms with Gasteiger partial charge in [0, 0.05) is 6.61 Å². The number of benzene rings is 1. The molecule has 1 fully saturated rings. The van der Waals surface area contributed by atoms with Gasteiger partial charge in [0.1, 0.15) is 23.2 Å². The molecule has 18 heavy (non-hydrogen) atoms. The van der Waals surface area contributed by atoms with Gasteiger partial charge in [0.05, 0.1) is 14.2 Å². The molecule has 1 atom stereocenters. The summed E-state index contributed by atoms with van der Waals surface area (Å²) in [7, 11) is 3.10. The zero-order valence-corrected chi connectivity index (χ0v) is 10.8. The molecule has 0 bridgehead atoms. The van der Waals surface area contributed by atoms with Crippen LogP contribution in [0, 0.1) is 0 Å². The van der Waals surface area contributed by atoms with Crippen molar-refractivity contribution in [3.63, 3.8) is 0 Å². The summed E-state index contributed by atoms with van der Waals surface area (Å²) in [6.07, 6.45) is 2.43. The molecule has 0 amide bonds. The topological polar surface area (TPSA) is 44.8 Å². The van der Waals surface area contributed by atoms with Gasteiger partial charge in [0.25, 0.3) is 0 Å². The fraction of sp³-hybridized carbons (Fsp3) is 0.500. The lowest BCUT2D eigenvalue weighted by Crippen LogP contribution is -2.28. The van der Waals surface area contributed by atoms with Gasteiger partial charge in [-0.15, -0.1) is 0 Å². The highest BCUT2D eigenvalue weighted by molar-refractivity contribution is 6.04. The van der Waals surface area contributed by atoms with Crippen LogP contribution in [0.5, 0.6) is 11.5 Å². The first-order chi connectivity index (χ1) is 8.77. The second-order valence-corrected chi connectivity index (χ2v) is 4.26. The summed E-state index contributed by atoms with van der Waals surface area (Å²) in [5.74, 6) is 1.02. The van der Waals surface area contributed by atoms with E-state index in [9.17, 15) is 4.79 Å². The number of rotatable bonds is 4. The minimum atomic E-state index is -0.371. The van der Waals surface area contributed by atoms with Gasteiger partial charge >= 0.3 is 0 Å². The summed E-state index contributed by atoms with van der Waals surface area (Å²) in [5.41, 5.74) is 0.481. The highest BCUT2D eigenvalue weighted by atomic mass is 16.5. The maximum Gasteiger partial charge on any atom is 0.199 e. The van der Waals surface area contributed by atoms with Crippen molar-refractivity contribution < 1.29 is 19.0 Å². The second-order valence-electron chi connectivity index (χ2n) is 4.26. The molecule has 0 N–H and O–H groups in total. The van der Waals surface area contributed by atoms with Crippen molar-refractivity contribution in [3.05, 3.63) is 23.8 Å². The van der Waals surface area contributed by atoms with Crippen molar-refractivity contribution in [1.82, 2.24) is 0 Å².